The maximum absolute atomic E-state index is 13.4. The molecule has 0 saturated carbocycles. The fourth-order valence-corrected chi connectivity index (χ4v) is 6.41. The highest BCUT2D eigenvalue weighted by Crippen LogP contribution is 2.41. The Bertz CT molecular complexity index is 1000. The van der Waals surface area contributed by atoms with Crippen molar-refractivity contribution in [1.82, 2.24) is 0 Å². The number of hydrogen-bond acceptors (Lipinski definition) is 4. The molecule has 0 saturated heterocycles. The van der Waals surface area contributed by atoms with Crippen LogP contribution in [0, 0.1) is 0 Å². The lowest BCUT2D eigenvalue weighted by atomic mass is 10.0. The van der Waals surface area contributed by atoms with Crippen LogP contribution in [0.2, 0.25) is 0 Å². The predicted molar refractivity (Wildman–Crippen MR) is 109 cm³/mol. The second kappa shape index (κ2) is 6.87. The Morgan fingerprint density at radius 1 is 1.15 bits per heavy atom. The molecule has 2 heterocycles. The van der Waals surface area contributed by atoms with E-state index in [0.29, 0.717) is 18.8 Å². The zero-order chi connectivity index (χ0) is 19.2. The Hall–Kier alpha value is -1.99. The van der Waals surface area contributed by atoms with Gasteiger partial charge in [0.25, 0.3) is 10.0 Å². The highest BCUT2D eigenvalue weighted by Gasteiger charge is 2.32. The van der Waals surface area contributed by atoms with Crippen LogP contribution >= 0.6 is 11.8 Å². The van der Waals surface area contributed by atoms with Gasteiger partial charge in [-0.2, -0.15) is 0 Å². The first kappa shape index (κ1) is 18.4. The molecule has 1 amide bonds. The lowest BCUT2D eigenvalue weighted by Gasteiger charge is -2.33. The highest BCUT2D eigenvalue weighted by molar-refractivity contribution is 8.00. The number of fused-ring (bicyclic) bond motifs is 2. The van der Waals surface area contributed by atoms with Gasteiger partial charge in [-0.05, 0) is 42.7 Å². The summed E-state index contributed by atoms with van der Waals surface area (Å²) in [5.41, 5.74) is 2.50. The van der Waals surface area contributed by atoms with E-state index >= 15 is 0 Å². The van der Waals surface area contributed by atoms with Gasteiger partial charge in [-0.1, -0.05) is 25.1 Å². The van der Waals surface area contributed by atoms with Crippen LogP contribution in [0.3, 0.4) is 0 Å². The monoisotopic (exact) mass is 402 g/mol. The highest BCUT2D eigenvalue weighted by atomic mass is 32.2. The number of amides is 1. The second-order valence-electron chi connectivity index (χ2n) is 7.00. The van der Waals surface area contributed by atoms with Crippen LogP contribution in [0.1, 0.15) is 25.8 Å². The van der Waals surface area contributed by atoms with Gasteiger partial charge >= 0.3 is 0 Å². The quantitative estimate of drug-likeness (QED) is 0.769. The molecular weight excluding hydrogens is 380 g/mol. The summed E-state index contributed by atoms with van der Waals surface area (Å²) < 4.78 is 28.3. The second-order valence-corrected chi connectivity index (χ2v) is 10.3. The lowest BCUT2D eigenvalue weighted by molar-refractivity contribution is -0.116. The molecule has 142 valence electrons. The van der Waals surface area contributed by atoms with Crippen LogP contribution in [0.15, 0.2) is 52.3 Å². The van der Waals surface area contributed by atoms with Gasteiger partial charge in [-0.25, -0.2) is 8.42 Å². The fourth-order valence-electron chi connectivity index (χ4n) is 3.75. The van der Waals surface area contributed by atoms with Gasteiger partial charge < -0.3 is 4.90 Å². The van der Waals surface area contributed by atoms with E-state index in [9.17, 15) is 13.2 Å². The zero-order valence-electron chi connectivity index (χ0n) is 15.4. The molecule has 27 heavy (non-hydrogen) atoms. The molecule has 1 atom stereocenters. The molecule has 5 nitrogen and oxygen atoms in total. The Labute approximate surface area is 164 Å². The van der Waals surface area contributed by atoms with Gasteiger partial charge in [-0.3, -0.25) is 9.10 Å². The van der Waals surface area contributed by atoms with Crippen molar-refractivity contribution in [2.24, 2.45) is 0 Å². The van der Waals surface area contributed by atoms with E-state index in [1.165, 1.54) is 11.2 Å². The minimum Gasteiger partial charge on any atom is -0.310 e. The molecule has 0 aliphatic carbocycles. The van der Waals surface area contributed by atoms with Gasteiger partial charge in [0, 0.05) is 30.2 Å². The third-order valence-corrected chi connectivity index (χ3v) is 7.98. The minimum atomic E-state index is -3.69. The van der Waals surface area contributed by atoms with Gasteiger partial charge in [0.15, 0.2) is 0 Å². The molecule has 0 N–H and O–H groups in total. The van der Waals surface area contributed by atoms with E-state index < -0.39 is 10.0 Å². The average molecular weight is 403 g/mol. The van der Waals surface area contributed by atoms with Crippen molar-refractivity contribution in [2.45, 2.75) is 41.7 Å². The van der Waals surface area contributed by atoms with Crippen molar-refractivity contribution < 1.29 is 13.2 Å². The Balaban J connectivity index is 1.78. The van der Waals surface area contributed by atoms with Crippen LogP contribution in [0.4, 0.5) is 11.4 Å². The van der Waals surface area contributed by atoms with Crippen LogP contribution in [-0.4, -0.2) is 32.7 Å². The summed E-state index contributed by atoms with van der Waals surface area (Å²) in [6.45, 7) is 4.65. The van der Waals surface area contributed by atoms with Crippen LogP contribution in [0.5, 0.6) is 0 Å². The fraction of sp³-hybridized carbons (Fsp3) is 0.350. The number of nitrogens with zero attached hydrogens (tertiary/aromatic N) is 2. The van der Waals surface area contributed by atoms with Gasteiger partial charge in [0.1, 0.15) is 0 Å². The van der Waals surface area contributed by atoms with E-state index in [2.05, 4.69) is 6.92 Å². The average Bonchev–Trinajstić information content (AvgIpc) is 2.66. The number of sulfonamides is 1. The van der Waals surface area contributed by atoms with Crippen molar-refractivity contribution in [1.29, 1.82) is 0 Å². The molecule has 1 unspecified atom stereocenters. The standard InChI is InChI=1S/C20H22N2O3S2/c1-14-13-21(15(2)23)19-12-17(9-10-20(19)26-14)27(24,25)22-11-5-7-16-6-3-4-8-18(16)22/h3-4,6,8-10,12,14H,5,7,11,13H2,1-2H3. The number of hydrogen-bond donors (Lipinski definition) is 0. The smallest absolute Gasteiger partial charge is 0.264 e. The molecule has 0 spiro atoms. The topological polar surface area (TPSA) is 57.7 Å². The number of benzene rings is 2. The molecule has 0 radical (unpaired) electrons. The number of carbonyl (C=O) groups excluding carboxylic acids is 1. The molecular formula is C20H22N2O3S2. The first-order chi connectivity index (χ1) is 12.9. The number of thioether (sulfide) groups is 1. The molecule has 0 fully saturated rings. The molecule has 0 aromatic heterocycles. The minimum absolute atomic E-state index is 0.0683. The third kappa shape index (κ3) is 3.23. The van der Waals surface area contributed by atoms with Crippen molar-refractivity contribution in [3.8, 4) is 0 Å². The van der Waals surface area contributed by atoms with Gasteiger partial charge in [-0.15, -0.1) is 11.8 Å². The van der Waals surface area contributed by atoms with E-state index in [0.717, 1.165) is 29.0 Å². The molecule has 2 aromatic rings. The number of anilines is 2. The molecule has 0 bridgehead atoms. The van der Waals surface area contributed by atoms with Gasteiger partial charge in [0.2, 0.25) is 5.91 Å². The molecule has 2 aliphatic rings. The summed E-state index contributed by atoms with van der Waals surface area (Å²) in [5.74, 6) is -0.0683. The van der Waals surface area contributed by atoms with Crippen LogP contribution in [-0.2, 0) is 21.2 Å². The zero-order valence-corrected chi connectivity index (χ0v) is 17.0. The first-order valence-corrected chi connectivity index (χ1v) is 11.4. The Kier molecular flexibility index (Phi) is 4.68. The number of aryl methyl sites for hydroxylation is 1. The van der Waals surface area contributed by atoms with Crippen molar-refractivity contribution in [2.75, 3.05) is 22.3 Å². The lowest BCUT2D eigenvalue weighted by Crippen LogP contribution is -2.38. The summed E-state index contributed by atoms with van der Waals surface area (Å²) in [4.78, 5) is 15.0. The molecule has 4 rings (SSSR count). The summed E-state index contributed by atoms with van der Waals surface area (Å²) in [5, 5.41) is 0.276. The molecule has 7 heteroatoms. The number of rotatable bonds is 2. The first-order valence-electron chi connectivity index (χ1n) is 9.07. The Morgan fingerprint density at radius 3 is 2.70 bits per heavy atom. The summed E-state index contributed by atoms with van der Waals surface area (Å²) in [7, 11) is -3.69. The van der Waals surface area contributed by atoms with Crippen molar-refractivity contribution in [3.63, 3.8) is 0 Å². The third-order valence-electron chi connectivity index (χ3n) is 5.02. The van der Waals surface area contributed by atoms with E-state index in [-0.39, 0.29) is 16.1 Å². The van der Waals surface area contributed by atoms with E-state index in [4.69, 9.17) is 0 Å². The number of para-hydroxylation sites is 1. The van der Waals surface area contributed by atoms with Crippen LogP contribution in [0.25, 0.3) is 0 Å². The maximum atomic E-state index is 13.4. The van der Waals surface area contributed by atoms with Crippen molar-refractivity contribution in [3.05, 3.63) is 48.0 Å². The van der Waals surface area contributed by atoms with Crippen molar-refractivity contribution >= 4 is 39.1 Å². The molecule has 2 aromatic carbocycles. The predicted octanol–water partition coefficient (Wildman–Crippen LogP) is 3.68. The summed E-state index contributed by atoms with van der Waals surface area (Å²) in [6, 6.07) is 12.8. The van der Waals surface area contributed by atoms with E-state index in [1.54, 1.807) is 28.8 Å². The Morgan fingerprint density at radius 2 is 1.93 bits per heavy atom. The maximum Gasteiger partial charge on any atom is 0.264 e. The van der Waals surface area contributed by atoms with Crippen LogP contribution < -0.4 is 9.21 Å². The summed E-state index contributed by atoms with van der Waals surface area (Å²) >= 11 is 1.67. The molecule has 2 aliphatic heterocycles. The summed E-state index contributed by atoms with van der Waals surface area (Å²) in [6.07, 6.45) is 1.69. The SMILES string of the molecule is CC(=O)N1CC(C)Sc2ccc(S(=O)(=O)N3CCCc4ccccc43)cc21. The largest absolute Gasteiger partial charge is 0.310 e. The number of carbonyl (C=O) groups is 1. The normalized spacial score (nSPS) is 19.4. The van der Waals surface area contributed by atoms with Gasteiger partial charge in [0.05, 0.1) is 16.3 Å². The van der Waals surface area contributed by atoms with E-state index in [1.807, 2.05) is 30.3 Å².